The van der Waals surface area contributed by atoms with Gasteiger partial charge in [-0.3, -0.25) is 0 Å². The van der Waals surface area contributed by atoms with Gasteiger partial charge >= 0.3 is 0 Å². The summed E-state index contributed by atoms with van der Waals surface area (Å²) in [7, 11) is 0. The molecule has 30 heavy (non-hydrogen) atoms. The van der Waals surface area contributed by atoms with E-state index in [2.05, 4.69) is 53.3 Å². The molecule has 1 heteroatoms. The van der Waals surface area contributed by atoms with Gasteiger partial charge in [0.25, 0.3) is 0 Å². The van der Waals surface area contributed by atoms with Crippen molar-refractivity contribution in [1.29, 1.82) is 0 Å². The van der Waals surface area contributed by atoms with Gasteiger partial charge in [0.05, 0.1) is 6.10 Å². The zero-order chi connectivity index (χ0) is 21.7. The predicted octanol–water partition coefficient (Wildman–Crippen LogP) is 7.80. The second kappa shape index (κ2) is 8.42. The molecule has 0 aromatic rings. The summed E-state index contributed by atoms with van der Waals surface area (Å²) >= 11 is 0. The molecule has 3 fully saturated rings. The van der Waals surface area contributed by atoms with Crippen molar-refractivity contribution in [2.24, 2.45) is 52.3 Å². The molecule has 0 amide bonds. The Balaban J connectivity index is 1.47. The fourth-order valence-electron chi connectivity index (χ4n) is 8.84. The summed E-state index contributed by atoms with van der Waals surface area (Å²) in [5, 5.41) is 10.2. The number of fused-ring (bicyclic) bond motifs is 5. The molecule has 1 nitrogen and oxygen atoms in total. The molecule has 0 saturated heterocycles. The average molecular weight is 413 g/mol. The lowest BCUT2D eigenvalue weighted by molar-refractivity contribution is -0.0574. The van der Waals surface area contributed by atoms with Crippen LogP contribution in [-0.2, 0) is 0 Å². The number of allylic oxidation sites excluding steroid dienone is 2. The molecule has 4 aliphatic rings. The lowest BCUT2D eigenvalue weighted by Crippen LogP contribution is -2.50. The number of rotatable bonds is 6. The molecular formula is C29H48O. The third kappa shape index (κ3) is 3.66. The van der Waals surface area contributed by atoms with Crippen LogP contribution in [0.3, 0.4) is 0 Å². The number of hydrogen-bond acceptors (Lipinski definition) is 1. The van der Waals surface area contributed by atoms with E-state index in [0.717, 1.165) is 48.3 Å². The van der Waals surface area contributed by atoms with Crippen LogP contribution in [0, 0.1) is 52.3 Å². The first-order valence-corrected chi connectivity index (χ1v) is 13.2. The molecule has 1 N–H and O–H groups in total. The standard InChI is InChI=1S/C29H48O/c1-7-19(2)20(3)8-9-21(4)25-12-13-26-24-11-10-22-18-23(30)14-16-28(22,5)27(24)15-17-29(25,26)6/h7,10,19-21,23-27,30H,1,8-9,11-18H2,2-6H3/t19-,20+,21+,23-,24-,25+,26-,27-,28-,29+/m0/s1. The highest BCUT2D eigenvalue weighted by Gasteiger charge is 2.59. The summed E-state index contributed by atoms with van der Waals surface area (Å²) in [5.74, 6) is 5.85. The number of hydrogen-bond donors (Lipinski definition) is 1. The van der Waals surface area contributed by atoms with E-state index in [9.17, 15) is 5.11 Å². The number of aliphatic hydroxyl groups excluding tert-OH is 1. The zero-order valence-corrected chi connectivity index (χ0v) is 20.5. The summed E-state index contributed by atoms with van der Waals surface area (Å²) in [4.78, 5) is 0. The maximum absolute atomic E-state index is 10.2. The third-order valence-electron chi connectivity index (χ3n) is 11.2. The molecule has 4 rings (SSSR count). The molecular weight excluding hydrogens is 364 g/mol. The second-order valence-electron chi connectivity index (χ2n) is 12.5. The molecule has 170 valence electrons. The van der Waals surface area contributed by atoms with Crippen LogP contribution in [0.25, 0.3) is 0 Å². The minimum Gasteiger partial charge on any atom is -0.393 e. The van der Waals surface area contributed by atoms with Gasteiger partial charge in [0.2, 0.25) is 0 Å². The first-order chi connectivity index (χ1) is 14.2. The molecule has 0 aromatic carbocycles. The minimum atomic E-state index is -0.0855. The number of aliphatic hydroxyl groups is 1. The van der Waals surface area contributed by atoms with Crippen LogP contribution in [0.2, 0.25) is 0 Å². The van der Waals surface area contributed by atoms with Crippen LogP contribution >= 0.6 is 0 Å². The molecule has 10 atom stereocenters. The molecule has 0 radical (unpaired) electrons. The van der Waals surface area contributed by atoms with Gasteiger partial charge in [-0.15, -0.1) is 6.58 Å². The van der Waals surface area contributed by atoms with Crippen LogP contribution < -0.4 is 0 Å². The topological polar surface area (TPSA) is 20.2 Å². The summed E-state index contributed by atoms with van der Waals surface area (Å²) in [6.07, 6.45) is 17.6. The third-order valence-corrected chi connectivity index (χ3v) is 11.2. The van der Waals surface area contributed by atoms with Gasteiger partial charge in [-0.05, 0) is 110 Å². The largest absolute Gasteiger partial charge is 0.393 e. The predicted molar refractivity (Wildman–Crippen MR) is 128 cm³/mol. The van der Waals surface area contributed by atoms with Crippen molar-refractivity contribution in [3.8, 4) is 0 Å². The van der Waals surface area contributed by atoms with Gasteiger partial charge in [-0.25, -0.2) is 0 Å². The molecule has 0 heterocycles. The van der Waals surface area contributed by atoms with Crippen molar-refractivity contribution in [1.82, 2.24) is 0 Å². The fourth-order valence-corrected chi connectivity index (χ4v) is 8.84. The summed E-state index contributed by atoms with van der Waals surface area (Å²) in [6, 6.07) is 0. The van der Waals surface area contributed by atoms with Crippen molar-refractivity contribution >= 4 is 0 Å². The van der Waals surface area contributed by atoms with E-state index >= 15 is 0 Å². The Morgan fingerprint density at radius 2 is 1.83 bits per heavy atom. The zero-order valence-electron chi connectivity index (χ0n) is 20.5. The first-order valence-electron chi connectivity index (χ1n) is 13.2. The van der Waals surface area contributed by atoms with Gasteiger partial charge in [0.1, 0.15) is 0 Å². The Kier molecular flexibility index (Phi) is 6.35. The Labute approximate surface area is 186 Å². The van der Waals surface area contributed by atoms with E-state index in [1.165, 1.54) is 51.4 Å². The molecule has 0 spiro atoms. The molecule has 0 aliphatic heterocycles. The lowest BCUT2D eigenvalue weighted by atomic mass is 9.47. The van der Waals surface area contributed by atoms with Gasteiger partial charge in [-0.1, -0.05) is 58.8 Å². The van der Waals surface area contributed by atoms with Crippen molar-refractivity contribution in [3.63, 3.8) is 0 Å². The Hall–Kier alpha value is -0.560. The highest BCUT2D eigenvalue weighted by Crippen LogP contribution is 2.67. The van der Waals surface area contributed by atoms with E-state index in [1.54, 1.807) is 5.57 Å². The fraction of sp³-hybridized carbons (Fsp3) is 0.862. The Bertz CT molecular complexity index is 663. The summed E-state index contributed by atoms with van der Waals surface area (Å²) < 4.78 is 0. The first kappa shape index (κ1) is 22.6. The van der Waals surface area contributed by atoms with Crippen molar-refractivity contribution < 1.29 is 5.11 Å². The van der Waals surface area contributed by atoms with E-state index in [4.69, 9.17) is 0 Å². The highest BCUT2D eigenvalue weighted by atomic mass is 16.3. The lowest BCUT2D eigenvalue weighted by Gasteiger charge is -2.58. The normalized spacial score (nSPS) is 46.1. The van der Waals surface area contributed by atoms with E-state index < -0.39 is 0 Å². The Morgan fingerprint density at radius 3 is 2.57 bits per heavy atom. The van der Waals surface area contributed by atoms with Crippen LogP contribution in [0.15, 0.2) is 24.3 Å². The van der Waals surface area contributed by atoms with E-state index in [1.807, 2.05) is 0 Å². The van der Waals surface area contributed by atoms with Gasteiger partial charge in [0.15, 0.2) is 0 Å². The SMILES string of the molecule is C=C[C@H](C)[C@H](C)CC[C@@H](C)[C@H]1CC[C@H]2[C@@H]3CC=C4C[C@@H](O)CC[C@]4(C)[C@H]3CC[C@]12C. The van der Waals surface area contributed by atoms with Crippen LogP contribution in [-0.4, -0.2) is 11.2 Å². The molecule has 0 aromatic heterocycles. The monoisotopic (exact) mass is 412 g/mol. The highest BCUT2D eigenvalue weighted by molar-refractivity contribution is 5.25. The van der Waals surface area contributed by atoms with E-state index in [-0.39, 0.29) is 6.10 Å². The van der Waals surface area contributed by atoms with Crippen LogP contribution in [0.1, 0.15) is 98.8 Å². The Morgan fingerprint density at radius 1 is 1.07 bits per heavy atom. The van der Waals surface area contributed by atoms with E-state index in [0.29, 0.717) is 16.7 Å². The van der Waals surface area contributed by atoms with Gasteiger partial charge < -0.3 is 5.11 Å². The smallest absolute Gasteiger partial charge is 0.0577 e. The van der Waals surface area contributed by atoms with Crippen molar-refractivity contribution in [2.45, 2.75) is 105 Å². The van der Waals surface area contributed by atoms with Crippen LogP contribution in [0.5, 0.6) is 0 Å². The molecule has 0 unspecified atom stereocenters. The van der Waals surface area contributed by atoms with Crippen molar-refractivity contribution in [3.05, 3.63) is 24.3 Å². The maximum Gasteiger partial charge on any atom is 0.0577 e. The molecule has 3 saturated carbocycles. The molecule has 0 bridgehead atoms. The summed E-state index contributed by atoms with van der Waals surface area (Å²) in [6.45, 7) is 16.6. The van der Waals surface area contributed by atoms with Crippen LogP contribution in [0.4, 0.5) is 0 Å². The maximum atomic E-state index is 10.2. The molecule has 4 aliphatic carbocycles. The second-order valence-corrected chi connectivity index (χ2v) is 12.5. The average Bonchev–Trinajstić information content (AvgIpc) is 3.09. The van der Waals surface area contributed by atoms with Gasteiger partial charge in [-0.2, -0.15) is 0 Å². The van der Waals surface area contributed by atoms with Gasteiger partial charge in [0, 0.05) is 0 Å². The quantitative estimate of drug-likeness (QED) is 0.441. The minimum absolute atomic E-state index is 0.0855. The summed E-state index contributed by atoms with van der Waals surface area (Å²) in [5.41, 5.74) is 2.55. The van der Waals surface area contributed by atoms with Crippen molar-refractivity contribution in [2.75, 3.05) is 0 Å².